The van der Waals surface area contributed by atoms with Crippen LogP contribution < -0.4 is 10.6 Å². The maximum Gasteiger partial charge on any atom is 0.314 e. The van der Waals surface area contributed by atoms with Gasteiger partial charge in [0.1, 0.15) is 11.4 Å². The van der Waals surface area contributed by atoms with Crippen molar-refractivity contribution >= 4 is 43.5 Å². The van der Waals surface area contributed by atoms with Gasteiger partial charge in [0, 0.05) is 74.6 Å². The monoisotopic (exact) mass is 898 g/mol. The first-order valence-corrected chi connectivity index (χ1v) is 25.4. The van der Waals surface area contributed by atoms with Crippen molar-refractivity contribution in [3.05, 3.63) is 58.7 Å². The number of aliphatic imine (C=N–C) groups is 2. The zero-order valence-corrected chi connectivity index (χ0v) is 39.5. The Hall–Kier alpha value is -3.94. The van der Waals surface area contributed by atoms with Gasteiger partial charge in [0.05, 0.1) is 9.79 Å². The number of benzene rings is 2. The van der Waals surface area contributed by atoms with Gasteiger partial charge >= 0.3 is 12.0 Å². The third kappa shape index (κ3) is 13.5. The summed E-state index contributed by atoms with van der Waals surface area (Å²) in [5.74, 6) is 0. The van der Waals surface area contributed by atoms with Gasteiger partial charge in [-0.3, -0.25) is 0 Å². The lowest BCUT2D eigenvalue weighted by atomic mass is 9.83. The minimum atomic E-state index is -3.93. The van der Waals surface area contributed by atoms with E-state index in [0.717, 1.165) is 90.1 Å². The van der Waals surface area contributed by atoms with E-state index in [9.17, 15) is 16.8 Å². The molecule has 0 aromatic heterocycles. The van der Waals surface area contributed by atoms with Crippen LogP contribution in [0.4, 0.5) is 0 Å². The van der Waals surface area contributed by atoms with Gasteiger partial charge in [-0.1, -0.05) is 61.0 Å². The van der Waals surface area contributed by atoms with Crippen LogP contribution in [0.25, 0.3) is 0 Å². The first-order valence-electron chi connectivity index (χ1n) is 22.5. The molecule has 3 aliphatic rings. The normalized spacial score (nSPS) is 17.7. The topological polar surface area (TPSA) is 173 Å². The molecule has 0 amide bonds. The second-order valence-corrected chi connectivity index (χ2v) is 20.4. The van der Waals surface area contributed by atoms with Crippen LogP contribution in [0, 0.1) is 0 Å². The van der Waals surface area contributed by atoms with Crippen molar-refractivity contribution in [2.75, 3.05) is 93.6 Å². The number of oxime groups is 2. The number of amidine groups is 2. The van der Waals surface area contributed by atoms with Crippen LogP contribution in [0.15, 0.2) is 66.5 Å². The summed E-state index contributed by atoms with van der Waals surface area (Å²) in [4.78, 5) is 25.8. The fraction of sp³-hybridized carbons (Fsp3) is 0.636. The van der Waals surface area contributed by atoms with Gasteiger partial charge in [-0.05, 0) is 118 Å². The lowest BCUT2D eigenvalue weighted by Crippen LogP contribution is -2.35. The quantitative estimate of drug-likeness (QED) is 0.0834. The molecule has 2 aromatic rings. The second-order valence-electron chi connectivity index (χ2n) is 16.6. The van der Waals surface area contributed by atoms with E-state index >= 15 is 0 Å². The highest BCUT2D eigenvalue weighted by molar-refractivity contribution is 7.89. The Bertz CT molecular complexity index is 2000. The molecule has 18 heteroatoms. The van der Waals surface area contributed by atoms with Crippen LogP contribution in [-0.2, 0) is 29.7 Å². The van der Waals surface area contributed by atoms with Crippen LogP contribution in [0.5, 0.6) is 0 Å². The Balaban J connectivity index is 1.70. The first-order chi connectivity index (χ1) is 29.9. The van der Waals surface area contributed by atoms with Gasteiger partial charge in [0.25, 0.3) is 0 Å². The number of nitrogens with zero attached hydrogens (tertiary/aromatic N) is 8. The van der Waals surface area contributed by atoms with Gasteiger partial charge in [-0.15, -0.1) is 0 Å². The molecular weight excluding hydrogens is 829 g/mol. The van der Waals surface area contributed by atoms with E-state index in [4.69, 9.17) is 14.8 Å². The number of rotatable bonds is 16. The third-order valence-corrected chi connectivity index (χ3v) is 14.8. The minimum Gasteiger partial charge on any atom is -0.338 e. The van der Waals surface area contributed by atoms with Gasteiger partial charge in [-0.25, -0.2) is 26.8 Å². The molecule has 5 rings (SSSR count). The molecule has 1 aliphatic carbocycles. The molecule has 0 atom stereocenters. The lowest BCUT2D eigenvalue weighted by Gasteiger charge is -2.27. The molecule has 2 saturated heterocycles. The minimum absolute atomic E-state index is 0.0951. The van der Waals surface area contributed by atoms with Crippen molar-refractivity contribution in [3.63, 3.8) is 0 Å². The Morgan fingerprint density at radius 2 is 0.919 bits per heavy atom. The molecule has 0 radical (unpaired) electrons. The third-order valence-electron chi connectivity index (χ3n) is 11.0. The largest absolute Gasteiger partial charge is 0.338 e. The lowest BCUT2D eigenvalue weighted by molar-refractivity contribution is 0.307. The molecule has 16 nitrogen and oxygen atoms in total. The average molecular weight is 899 g/mol. The zero-order chi connectivity index (χ0) is 44.5. The average Bonchev–Trinajstić information content (AvgIpc) is 3.21. The molecule has 0 bridgehead atoms. The van der Waals surface area contributed by atoms with E-state index in [1.165, 1.54) is 0 Å². The van der Waals surface area contributed by atoms with E-state index in [2.05, 4.69) is 35.6 Å². The van der Waals surface area contributed by atoms with Crippen molar-refractivity contribution in [2.45, 2.75) is 101 Å². The second kappa shape index (κ2) is 24.2. The van der Waals surface area contributed by atoms with E-state index in [-0.39, 0.29) is 27.5 Å². The molecule has 62 heavy (non-hydrogen) atoms. The molecule has 0 saturated carbocycles. The van der Waals surface area contributed by atoms with Crippen molar-refractivity contribution in [3.8, 4) is 0 Å². The van der Waals surface area contributed by atoms with Crippen LogP contribution in [0.3, 0.4) is 0 Å². The highest BCUT2D eigenvalue weighted by Gasteiger charge is 2.34. The van der Waals surface area contributed by atoms with Crippen LogP contribution in [-0.4, -0.2) is 152 Å². The Morgan fingerprint density at radius 1 is 0.565 bits per heavy atom. The molecule has 2 aromatic carbocycles. The summed E-state index contributed by atoms with van der Waals surface area (Å²) in [5.41, 5.74) is 2.45. The SMILES string of the molecule is CCNC(=NCCCN(C)C)ON=C1c2ccc(S(=O)(=O)N3CCCCCCC3)cc2C(=NOC(=NCCCN(C)C)NCC)c2cc(S(=O)(=O)N3CCCCCCC3)ccc21. The van der Waals surface area contributed by atoms with Crippen molar-refractivity contribution in [1.29, 1.82) is 0 Å². The molecule has 2 heterocycles. The van der Waals surface area contributed by atoms with Crippen LogP contribution >= 0.6 is 0 Å². The fourth-order valence-electron chi connectivity index (χ4n) is 7.72. The Kier molecular flexibility index (Phi) is 19.2. The fourth-order valence-corrected chi connectivity index (χ4v) is 10.8. The van der Waals surface area contributed by atoms with Gasteiger partial charge in [0.15, 0.2) is 0 Å². The summed E-state index contributed by atoms with van der Waals surface area (Å²) in [6, 6.07) is 10.3. The zero-order valence-electron chi connectivity index (χ0n) is 37.9. The Morgan fingerprint density at radius 3 is 1.27 bits per heavy atom. The molecule has 0 unspecified atom stereocenters. The summed E-state index contributed by atoms with van der Waals surface area (Å²) < 4.78 is 60.9. The smallest absolute Gasteiger partial charge is 0.314 e. The number of hydrogen-bond acceptors (Lipinski definition) is 12. The van der Waals surface area contributed by atoms with E-state index in [0.29, 0.717) is 80.3 Å². The maximum absolute atomic E-state index is 14.4. The first kappa shape index (κ1) is 49.1. The summed E-state index contributed by atoms with van der Waals surface area (Å²) in [6.07, 6.45) is 10.8. The molecular formula is C44H70N10O6S2. The van der Waals surface area contributed by atoms with E-state index < -0.39 is 20.0 Å². The van der Waals surface area contributed by atoms with Crippen molar-refractivity contribution < 1.29 is 26.5 Å². The molecule has 2 N–H and O–H groups in total. The van der Waals surface area contributed by atoms with Gasteiger partial charge < -0.3 is 30.1 Å². The van der Waals surface area contributed by atoms with Crippen LogP contribution in [0.2, 0.25) is 0 Å². The van der Waals surface area contributed by atoms with Gasteiger partial charge in [-0.2, -0.15) is 8.61 Å². The summed E-state index contributed by atoms with van der Waals surface area (Å²) in [5, 5.41) is 15.7. The van der Waals surface area contributed by atoms with Crippen molar-refractivity contribution in [2.24, 2.45) is 20.3 Å². The predicted molar refractivity (Wildman–Crippen MR) is 248 cm³/mol. The highest BCUT2D eigenvalue weighted by atomic mass is 32.2. The van der Waals surface area contributed by atoms with Gasteiger partial charge in [0.2, 0.25) is 20.0 Å². The summed E-state index contributed by atoms with van der Waals surface area (Å²) in [6.45, 7) is 9.32. The number of hydrogen-bond donors (Lipinski definition) is 2. The standard InChI is InChI=1S/C44H70N10O6S2/c1-7-45-43(47-25-19-27-51(3)4)59-49-41-37-23-21-35(61(55,56)53-29-15-11-9-12-16-30-53)33-39(37)42(50-60-44(46-8-2)48-26-20-28-52(5)6)40-34-36(22-24-38(40)41)62(57,58)54-31-17-13-10-14-18-32-54/h21-24,33-34H,7-20,25-32H2,1-6H3,(H,45,47)(H,46,48). The number of sulfonamides is 2. The van der Waals surface area contributed by atoms with E-state index in [1.54, 1.807) is 45.0 Å². The maximum atomic E-state index is 14.4. The summed E-state index contributed by atoms with van der Waals surface area (Å²) >= 11 is 0. The van der Waals surface area contributed by atoms with Crippen LogP contribution in [0.1, 0.15) is 113 Å². The predicted octanol–water partition coefficient (Wildman–Crippen LogP) is 5.28. The molecule has 2 aliphatic heterocycles. The molecule has 344 valence electrons. The number of fused-ring (bicyclic) bond motifs is 2. The molecule has 2 fully saturated rings. The Labute approximate surface area is 371 Å². The van der Waals surface area contributed by atoms with E-state index in [1.807, 2.05) is 42.0 Å². The van der Waals surface area contributed by atoms with Crippen molar-refractivity contribution in [1.82, 2.24) is 29.0 Å². The number of nitrogens with one attached hydrogen (secondary N) is 2. The molecule has 0 spiro atoms. The highest BCUT2D eigenvalue weighted by Crippen LogP contribution is 2.34. The summed E-state index contributed by atoms with van der Waals surface area (Å²) in [7, 11) is 0.170.